The summed E-state index contributed by atoms with van der Waals surface area (Å²) < 4.78 is 19.8. The molecule has 1 aromatic heterocycles. The van der Waals surface area contributed by atoms with E-state index in [1.54, 1.807) is 44.6 Å². The van der Waals surface area contributed by atoms with E-state index < -0.39 is 5.82 Å². The highest BCUT2D eigenvalue weighted by atomic mass is 127. The molecule has 0 fully saturated rings. The molecule has 2 aromatic rings. The Morgan fingerprint density at radius 3 is 2.68 bits per heavy atom. The molecule has 0 bridgehead atoms. The molecule has 0 spiro atoms. The quantitative estimate of drug-likeness (QED) is 0.347. The second-order valence-electron chi connectivity index (χ2n) is 5.89. The van der Waals surface area contributed by atoms with Gasteiger partial charge in [0.1, 0.15) is 5.75 Å². The molecule has 2 N–H and O–H groups in total. The lowest BCUT2D eigenvalue weighted by Gasteiger charge is -2.14. The maximum absolute atomic E-state index is 14.3. The molecule has 7 nitrogen and oxygen atoms in total. The molecule has 0 aliphatic rings. The highest BCUT2D eigenvalue weighted by Crippen LogP contribution is 2.24. The minimum absolute atomic E-state index is 0. The minimum atomic E-state index is -0.479. The van der Waals surface area contributed by atoms with Gasteiger partial charge in [0.2, 0.25) is 5.91 Å². The summed E-state index contributed by atoms with van der Waals surface area (Å²) in [6, 6.07) is 8.10. The fraction of sp³-hybridized carbons (Fsp3) is 0.316. The first kappa shape index (κ1) is 23.6. The predicted molar refractivity (Wildman–Crippen MR) is 118 cm³/mol. The maximum atomic E-state index is 14.3. The number of nitrogens with one attached hydrogen (secondary N) is 2. The Kier molecular flexibility index (Phi) is 10.2. The zero-order chi connectivity index (χ0) is 19.6. The predicted octanol–water partition coefficient (Wildman–Crippen LogP) is 2.77. The van der Waals surface area contributed by atoms with Crippen molar-refractivity contribution in [2.45, 2.75) is 13.5 Å². The lowest BCUT2D eigenvalue weighted by molar-refractivity contribution is -0.127. The fourth-order valence-corrected chi connectivity index (χ4v) is 2.09. The Labute approximate surface area is 181 Å². The summed E-state index contributed by atoms with van der Waals surface area (Å²) in [5, 5.41) is 6.00. The summed E-state index contributed by atoms with van der Waals surface area (Å²) in [7, 11) is 3.37. The molecule has 0 radical (unpaired) electrons. The van der Waals surface area contributed by atoms with Crippen LogP contribution >= 0.6 is 24.0 Å². The number of halogens is 2. The minimum Gasteiger partial charge on any atom is -0.453 e. The highest BCUT2D eigenvalue weighted by molar-refractivity contribution is 14.0. The first-order valence-electron chi connectivity index (χ1n) is 8.58. The van der Waals surface area contributed by atoms with Crippen LogP contribution in [0.4, 0.5) is 4.39 Å². The van der Waals surface area contributed by atoms with Crippen LogP contribution in [0.2, 0.25) is 0 Å². The molecule has 0 saturated carbocycles. The molecule has 0 saturated heterocycles. The largest absolute Gasteiger partial charge is 0.453 e. The number of nitrogens with zero attached hydrogens (tertiary/aromatic N) is 3. The van der Waals surface area contributed by atoms with Gasteiger partial charge < -0.3 is 20.3 Å². The first-order valence-corrected chi connectivity index (χ1v) is 8.58. The van der Waals surface area contributed by atoms with Crippen LogP contribution in [0.25, 0.3) is 0 Å². The Bertz CT molecular complexity index is 787. The molecule has 0 unspecified atom stereocenters. The van der Waals surface area contributed by atoms with Crippen LogP contribution in [0.5, 0.6) is 11.5 Å². The van der Waals surface area contributed by atoms with E-state index in [1.807, 2.05) is 6.92 Å². The number of aliphatic imine (C=N–C) groups is 1. The van der Waals surface area contributed by atoms with Crippen molar-refractivity contribution in [2.24, 2.45) is 4.99 Å². The number of likely N-dealkylation sites (N-methyl/N-ethyl adjacent to an activating group) is 1. The van der Waals surface area contributed by atoms with Crippen LogP contribution in [0.1, 0.15) is 12.5 Å². The number of benzene rings is 1. The Hall–Kier alpha value is -2.43. The number of guanidine groups is 1. The van der Waals surface area contributed by atoms with E-state index in [9.17, 15) is 9.18 Å². The molecule has 152 valence electrons. The van der Waals surface area contributed by atoms with Crippen molar-refractivity contribution >= 4 is 35.8 Å². The van der Waals surface area contributed by atoms with Gasteiger partial charge in [-0.05, 0) is 36.8 Å². The topological polar surface area (TPSA) is 78.9 Å². The van der Waals surface area contributed by atoms with E-state index in [2.05, 4.69) is 20.6 Å². The van der Waals surface area contributed by atoms with Gasteiger partial charge in [0, 0.05) is 26.8 Å². The monoisotopic (exact) mass is 501 g/mol. The van der Waals surface area contributed by atoms with E-state index in [0.717, 1.165) is 0 Å². The SMILES string of the molecule is CCNC(=NCc1ccc(Oc2cccnc2)c(F)c1)NCC(=O)N(C)C.I. The van der Waals surface area contributed by atoms with E-state index in [0.29, 0.717) is 23.8 Å². The van der Waals surface area contributed by atoms with Gasteiger partial charge in [0.15, 0.2) is 17.5 Å². The van der Waals surface area contributed by atoms with Gasteiger partial charge in [-0.1, -0.05) is 6.07 Å². The smallest absolute Gasteiger partial charge is 0.241 e. The number of carbonyl (C=O) groups is 1. The Morgan fingerprint density at radius 2 is 2.07 bits per heavy atom. The number of carbonyl (C=O) groups excluding carboxylic acids is 1. The zero-order valence-corrected chi connectivity index (χ0v) is 18.4. The van der Waals surface area contributed by atoms with E-state index >= 15 is 0 Å². The molecular formula is C19H25FIN5O2. The van der Waals surface area contributed by atoms with E-state index in [-0.39, 0.29) is 48.7 Å². The number of aromatic nitrogens is 1. The van der Waals surface area contributed by atoms with Crippen LogP contribution in [0, 0.1) is 5.82 Å². The van der Waals surface area contributed by atoms with Crippen LogP contribution in [0.3, 0.4) is 0 Å². The van der Waals surface area contributed by atoms with Crippen molar-refractivity contribution in [1.82, 2.24) is 20.5 Å². The first-order chi connectivity index (χ1) is 13.0. The van der Waals surface area contributed by atoms with Crippen LogP contribution in [-0.4, -0.2) is 48.9 Å². The fourth-order valence-electron chi connectivity index (χ4n) is 2.09. The van der Waals surface area contributed by atoms with Crippen LogP contribution in [-0.2, 0) is 11.3 Å². The summed E-state index contributed by atoms with van der Waals surface area (Å²) in [6.07, 6.45) is 3.13. The third-order valence-corrected chi connectivity index (χ3v) is 3.53. The maximum Gasteiger partial charge on any atom is 0.241 e. The number of hydrogen-bond donors (Lipinski definition) is 2. The molecule has 1 aromatic carbocycles. The lowest BCUT2D eigenvalue weighted by Crippen LogP contribution is -2.42. The molecule has 0 atom stereocenters. The normalized spacial score (nSPS) is 10.6. The van der Waals surface area contributed by atoms with E-state index in [4.69, 9.17) is 4.74 Å². The number of rotatable bonds is 7. The highest BCUT2D eigenvalue weighted by Gasteiger charge is 2.08. The number of amides is 1. The van der Waals surface area contributed by atoms with Gasteiger partial charge in [0.25, 0.3) is 0 Å². The molecule has 2 rings (SSSR count). The third kappa shape index (κ3) is 7.67. The van der Waals surface area contributed by atoms with E-state index in [1.165, 1.54) is 17.2 Å². The van der Waals surface area contributed by atoms with Gasteiger partial charge in [0.05, 0.1) is 19.3 Å². The molecule has 0 aliphatic heterocycles. The number of pyridine rings is 1. The van der Waals surface area contributed by atoms with Crippen molar-refractivity contribution in [3.05, 3.63) is 54.1 Å². The lowest BCUT2D eigenvalue weighted by atomic mass is 10.2. The molecule has 1 heterocycles. The third-order valence-electron chi connectivity index (χ3n) is 3.53. The van der Waals surface area contributed by atoms with Crippen molar-refractivity contribution in [1.29, 1.82) is 0 Å². The summed E-state index contributed by atoms with van der Waals surface area (Å²) in [4.78, 5) is 21.5. The summed E-state index contributed by atoms with van der Waals surface area (Å²) in [5.74, 6) is 0.531. The molecule has 0 aliphatic carbocycles. The molecule has 1 amide bonds. The number of ether oxygens (including phenoxy) is 1. The van der Waals surface area contributed by atoms with Crippen molar-refractivity contribution in [3.63, 3.8) is 0 Å². The molecular weight excluding hydrogens is 476 g/mol. The average Bonchev–Trinajstić information content (AvgIpc) is 2.66. The Morgan fingerprint density at radius 1 is 1.29 bits per heavy atom. The standard InChI is InChI=1S/C19H24FN5O2.HI/c1-4-22-19(24-13-18(26)25(2)3)23-11-14-7-8-17(16(20)10-14)27-15-6-5-9-21-12-15;/h5-10,12H,4,11,13H2,1-3H3,(H2,22,23,24);1H. The van der Waals surface area contributed by atoms with Crippen molar-refractivity contribution < 1.29 is 13.9 Å². The van der Waals surface area contributed by atoms with Crippen molar-refractivity contribution in [3.8, 4) is 11.5 Å². The van der Waals surface area contributed by atoms with Gasteiger partial charge >= 0.3 is 0 Å². The summed E-state index contributed by atoms with van der Waals surface area (Å²) >= 11 is 0. The molecule has 9 heteroatoms. The second-order valence-corrected chi connectivity index (χ2v) is 5.89. The average molecular weight is 501 g/mol. The van der Waals surface area contributed by atoms with Gasteiger partial charge in [-0.2, -0.15) is 0 Å². The Balaban J connectivity index is 0.00000392. The van der Waals surface area contributed by atoms with Crippen LogP contribution in [0.15, 0.2) is 47.7 Å². The molecule has 28 heavy (non-hydrogen) atoms. The van der Waals surface area contributed by atoms with Gasteiger partial charge in [-0.3, -0.25) is 9.78 Å². The summed E-state index contributed by atoms with van der Waals surface area (Å²) in [5.41, 5.74) is 0.683. The second kappa shape index (κ2) is 12.1. The zero-order valence-electron chi connectivity index (χ0n) is 16.1. The van der Waals surface area contributed by atoms with Gasteiger partial charge in [-0.15, -0.1) is 24.0 Å². The number of hydrogen-bond acceptors (Lipinski definition) is 4. The van der Waals surface area contributed by atoms with Gasteiger partial charge in [-0.25, -0.2) is 9.38 Å². The van der Waals surface area contributed by atoms with Crippen LogP contribution < -0.4 is 15.4 Å². The summed E-state index contributed by atoms with van der Waals surface area (Å²) in [6.45, 7) is 2.96. The van der Waals surface area contributed by atoms with Crippen molar-refractivity contribution in [2.75, 3.05) is 27.2 Å².